The fourth-order valence-electron chi connectivity index (χ4n) is 1.69. The van der Waals surface area contributed by atoms with E-state index in [0.29, 0.717) is 4.47 Å². The molecule has 2 N–H and O–H groups in total. The van der Waals surface area contributed by atoms with Crippen LogP contribution in [0.4, 0.5) is 4.39 Å². The van der Waals surface area contributed by atoms with E-state index in [0.717, 1.165) is 0 Å². The molecule has 1 aromatic rings. The molecule has 0 saturated carbocycles. The van der Waals surface area contributed by atoms with E-state index >= 15 is 0 Å². The molecular weight excluding hydrogens is 341 g/mol. The molecule has 21 heavy (non-hydrogen) atoms. The van der Waals surface area contributed by atoms with Crippen molar-refractivity contribution in [2.75, 3.05) is 6.54 Å². The van der Waals surface area contributed by atoms with Gasteiger partial charge in [0.25, 0.3) is 0 Å². The van der Waals surface area contributed by atoms with Gasteiger partial charge in [-0.25, -0.2) is 4.39 Å². The molecule has 1 rings (SSSR count). The van der Waals surface area contributed by atoms with Crippen LogP contribution in [0, 0.1) is 17.7 Å². The molecule has 114 valence electrons. The SMILES string of the molecule is CC(C)C(CNC(=O)C=Cc1cc(Br)ccc1F)C(=O)O. The monoisotopic (exact) mass is 357 g/mol. The van der Waals surface area contributed by atoms with Crippen LogP contribution in [0.15, 0.2) is 28.7 Å². The van der Waals surface area contributed by atoms with Gasteiger partial charge in [-0.1, -0.05) is 29.8 Å². The van der Waals surface area contributed by atoms with Crippen molar-refractivity contribution in [2.45, 2.75) is 13.8 Å². The van der Waals surface area contributed by atoms with E-state index in [4.69, 9.17) is 5.11 Å². The van der Waals surface area contributed by atoms with Crippen LogP contribution in [0.5, 0.6) is 0 Å². The number of carbonyl (C=O) groups excluding carboxylic acids is 1. The standard InChI is InChI=1S/C15H17BrFNO3/c1-9(2)12(15(20)21)8-18-14(19)6-3-10-7-11(16)4-5-13(10)17/h3-7,9,12H,8H2,1-2H3,(H,18,19)(H,20,21). The van der Waals surface area contributed by atoms with Crippen LogP contribution < -0.4 is 5.32 Å². The predicted molar refractivity (Wildman–Crippen MR) is 82.1 cm³/mol. The summed E-state index contributed by atoms with van der Waals surface area (Å²) in [6.07, 6.45) is 2.53. The molecule has 0 aliphatic rings. The lowest BCUT2D eigenvalue weighted by molar-refractivity contribution is -0.143. The van der Waals surface area contributed by atoms with Gasteiger partial charge in [0.1, 0.15) is 5.82 Å². The van der Waals surface area contributed by atoms with Gasteiger partial charge in [0.15, 0.2) is 0 Å². The Kier molecular flexibility index (Phi) is 6.55. The van der Waals surface area contributed by atoms with Crippen LogP contribution >= 0.6 is 15.9 Å². The number of nitrogens with one attached hydrogen (secondary N) is 1. The van der Waals surface area contributed by atoms with Gasteiger partial charge in [0.05, 0.1) is 5.92 Å². The Bertz CT molecular complexity index is 558. The molecule has 1 atom stereocenters. The molecule has 0 heterocycles. The molecule has 0 aliphatic heterocycles. The number of halogens is 2. The summed E-state index contributed by atoms with van der Waals surface area (Å²) in [4.78, 5) is 22.6. The third-order valence-corrected chi connectivity index (χ3v) is 3.48. The van der Waals surface area contributed by atoms with Gasteiger partial charge in [-0.15, -0.1) is 0 Å². The second-order valence-electron chi connectivity index (χ2n) is 4.93. The van der Waals surface area contributed by atoms with E-state index in [1.165, 1.54) is 18.2 Å². The third-order valence-electron chi connectivity index (χ3n) is 2.99. The number of hydrogen-bond acceptors (Lipinski definition) is 2. The molecule has 0 saturated heterocycles. The molecule has 1 aromatic carbocycles. The second kappa shape index (κ2) is 7.93. The molecule has 4 nitrogen and oxygen atoms in total. The van der Waals surface area contributed by atoms with E-state index in [9.17, 15) is 14.0 Å². The van der Waals surface area contributed by atoms with Gasteiger partial charge in [0.2, 0.25) is 5.91 Å². The van der Waals surface area contributed by atoms with Gasteiger partial charge in [-0.2, -0.15) is 0 Å². The average Bonchev–Trinajstić information content (AvgIpc) is 2.39. The number of carbonyl (C=O) groups is 2. The van der Waals surface area contributed by atoms with Crippen LogP contribution in [0.25, 0.3) is 6.08 Å². The molecule has 1 amide bonds. The number of amides is 1. The Morgan fingerprint density at radius 1 is 1.43 bits per heavy atom. The maximum atomic E-state index is 13.5. The zero-order valence-corrected chi connectivity index (χ0v) is 13.4. The van der Waals surface area contributed by atoms with Gasteiger partial charge in [-0.05, 0) is 30.2 Å². The van der Waals surface area contributed by atoms with Crippen molar-refractivity contribution in [3.8, 4) is 0 Å². The minimum atomic E-state index is -0.952. The lowest BCUT2D eigenvalue weighted by Gasteiger charge is -2.15. The van der Waals surface area contributed by atoms with Gasteiger partial charge in [0, 0.05) is 22.7 Å². The Morgan fingerprint density at radius 3 is 2.67 bits per heavy atom. The summed E-state index contributed by atoms with van der Waals surface area (Å²) < 4.78 is 14.2. The number of hydrogen-bond donors (Lipinski definition) is 2. The maximum Gasteiger partial charge on any atom is 0.308 e. The molecular formula is C15H17BrFNO3. The van der Waals surface area contributed by atoms with E-state index < -0.39 is 23.6 Å². The number of carboxylic acid groups (broad SMARTS) is 1. The fraction of sp³-hybridized carbons (Fsp3) is 0.333. The van der Waals surface area contributed by atoms with Crippen LogP contribution in [-0.2, 0) is 9.59 Å². The topological polar surface area (TPSA) is 66.4 Å². The number of benzene rings is 1. The second-order valence-corrected chi connectivity index (χ2v) is 5.85. The highest BCUT2D eigenvalue weighted by Crippen LogP contribution is 2.16. The maximum absolute atomic E-state index is 13.5. The van der Waals surface area contributed by atoms with Crippen LogP contribution in [0.1, 0.15) is 19.4 Å². The summed E-state index contributed by atoms with van der Waals surface area (Å²) in [5.74, 6) is -2.58. The van der Waals surface area contributed by atoms with E-state index in [2.05, 4.69) is 21.2 Å². The number of carboxylic acids is 1. The molecule has 0 aromatic heterocycles. The quantitative estimate of drug-likeness (QED) is 0.768. The summed E-state index contributed by atoms with van der Waals surface area (Å²) in [7, 11) is 0. The normalized spacial score (nSPS) is 12.6. The van der Waals surface area contributed by atoms with E-state index in [1.807, 2.05) is 0 Å². The van der Waals surface area contributed by atoms with Crippen molar-refractivity contribution in [3.63, 3.8) is 0 Å². The zero-order chi connectivity index (χ0) is 16.0. The summed E-state index contributed by atoms with van der Waals surface area (Å²) in [5.41, 5.74) is 0.276. The van der Waals surface area contributed by atoms with Crippen molar-refractivity contribution < 1.29 is 19.1 Å². The number of rotatable bonds is 6. The summed E-state index contributed by atoms with van der Waals surface area (Å²) in [6.45, 7) is 3.59. The average molecular weight is 358 g/mol. The first-order valence-corrected chi connectivity index (χ1v) is 7.24. The minimum absolute atomic E-state index is 0.0388. The first kappa shape index (κ1) is 17.4. The highest BCUT2D eigenvalue weighted by atomic mass is 79.9. The van der Waals surface area contributed by atoms with Crippen molar-refractivity contribution in [1.29, 1.82) is 0 Å². The molecule has 0 aliphatic carbocycles. The highest BCUT2D eigenvalue weighted by Gasteiger charge is 2.21. The molecule has 1 unspecified atom stereocenters. The predicted octanol–water partition coefficient (Wildman–Crippen LogP) is 3.07. The molecule has 6 heteroatoms. The lowest BCUT2D eigenvalue weighted by atomic mass is 9.96. The Hall–Kier alpha value is -1.69. The summed E-state index contributed by atoms with van der Waals surface area (Å²) in [6, 6.07) is 4.40. The smallest absolute Gasteiger partial charge is 0.308 e. The van der Waals surface area contributed by atoms with Crippen LogP contribution in [0.3, 0.4) is 0 Å². The first-order valence-electron chi connectivity index (χ1n) is 6.45. The Morgan fingerprint density at radius 2 is 2.10 bits per heavy atom. The number of aliphatic carboxylic acids is 1. The van der Waals surface area contributed by atoms with Gasteiger partial charge < -0.3 is 10.4 Å². The molecule has 0 spiro atoms. The van der Waals surface area contributed by atoms with E-state index in [-0.39, 0.29) is 18.0 Å². The molecule has 0 fully saturated rings. The van der Waals surface area contributed by atoms with Crippen molar-refractivity contribution in [1.82, 2.24) is 5.32 Å². The third kappa shape index (κ3) is 5.67. The first-order chi connectivity index (χ1) is 9.81. The van der Waals surface area contributed by atoms with Crippen LogP contribution in [-0.4, -0.2) is 23.5 Å². The van der Waals surface area contributed by atoms with Gasteiger partial charge in [-0.3, -0.25) is 9.59 Å². The highest BCUT2D eigenvalue weighted by molar-refractivity contribution is 9.10. The largest absolute Gasteiger partial charge is 0.481 e. The molecule has 0 radical (unpaired) electrons. The Labute approximate surface area is 131 Å². The summed E-state index contributed by atoms with van der Waals surface area (Å²) >= 11 is 3.22. The summed E-state index contributed by atoms with van der Waals surface area (Å²) in [5, 5.41) is 11.5. The van der Waals surface area contributed by atoms with E-state index in [1.54, 1.807) is 26.0 Å². The zero-order valence-electron chi connectivity index (χ0n) is 11.8. The van der Waals surface area contributed by atoms with Crippen molar-refractivity contribution in [2.24, 2.45) is 11.8 Å². The molecule has 0 bridgehead atoms. The van der Waals surface area contributed by atoms with Crippen LogP contribution in [0.2, 0.25) is 0 Å². The minimum Gasteiger partial charge on any atom is -0.481 e. The van der Waals surface area contributed by atoms with Crippen molar-refractivity contribution in [3.05, 3.63) is 40.1 Å². The van der Waals surface area contributed by atoms with Gasteiger partial charge >= 0.3 is 5.97 Å². The van der Waals surface area contributed by atoms with Crippen molar-refractivity contribution >= 4 is 33.9 Å². The Balaban J connectivity index is 2.63. The fourth-order valence-corrected chi connectivity index (χ4v) is 2.06. The lowest BCUT2D eigenvalue weighted by Crippen LogP contribution is -2.34.